The molecule has 0 aromatic heterocycles. The Kier molecular flexibility index (Phi) is 12.3. The SMILES string of the molecule is CNCC(CC1(I)CCCCC1)NC(=O)N1CCCC([C@@](O)(CCCCOC)c2cccc(Cl)c2C)C1. The predicted molar refractivity (Wildman–Crippen MR) is 161 cm³/mol. The number of rotatable bonds is 12. The number of hydrogen-bond donors (Lipinski definition) is 3. The Labute approximate surface area is 242 Å². The molecule has 1 aromatic rings. The average molecular weight is 648 g/mol. The Morgan fingerprint density at radius 1 is 1.30 bits per heavy atom. The van der Waals surface area contributed by atoms with Crippen molar-refractivity contribution in [2.45, 2.75) is 92.6 Å². The molecule has 3 atom stereocenters. The Balaban J connectivity index is 1.74. The van der Waals surface area contributed by atoms with Crippen molar-refractivity contribution >= 4 is 40.2 Å². The number of hydrogen-bond acceptors (Lipinski definition) is 4. The van der Waals surface area contributed by atoms with E-state index in [1.165, 1.54) is 32.1 Å². The van der Waals surface area contributed by atoms with Gasteiger partial charge in [0.1, 0.15) is 0 Å². The minimum atomic E-state index is -1.04. The molecule has 1 aromatic carbocycles. The Bertz CT molecular complexity index is 867. The van der Waals surface area contributed by atoms with Gasteiger partial charge in [-0.1, -0.05) is 65.6 Å². The molecule has 0 bridgehead atoms. The fourth-order valence-corrected chi connectivity index (χ4v) is 7.81. The summed E-state index contributed by atoms with van der Waals surface area (Å²) >= 11 is 9.13. The number of methoxy groups -OCH3 is 1. The molecule has 6 nitrogen and oxygen atoms in total. The van der Waals surface area contributed by atoms with Gasteiger partial charge in [0.2, 0.25) is 0 Å². The largest absolute Gasteiger partial charge is 0.385 e. The van der Waals surface area contributed by atoms with Gasteiger partial charge in [-0.2, -0.15) is 0 Å². The van der Waals surface area contributed by atoms with E-state index in [0.29, 0.717) is 24.6 Å². The number of ether oxygens (including phenoxy) is 1. The number of likely N-dealkylation sites (tertiary alicyclic amines) is 1. The number of aliphatic hydroxyl groups is 1. The van der Waals surface area contributed by atoms with E-state index in [1.54, 1.807) is 7.11 Å². The number of carbonyl (C=O) groups is 1. The average Bonchev–Trinajstić information content (AvgIpc) is 2.88. The number of piperidine rings is 1. The summed E-state index contributed by atoms with van der Waals surface area (Å²) in [5, 5.41) is 19.6. The molecule has 2 amide bonds. The molecule has 1 aliphatic heterocycles. The number of likely N-dealkylation sites (N-methyl/N-ethyl adjacent to an activating group) is 1. The fraction of sp³-hybridized carbons (Fsp3) is 0.759. The number of urea groups is 1. The van der Waals surface area contributed by atoms with Gasteiger partial charge < -0.3 is 25.4 Å². The van der Waals surface area contributed by atoms with E-state index in [1.807, 2.05) is 37.1 Å². The lowest BCUT2D eigenvalue weighted by molar-refractivity contribution is -0.0568. The van der Waals surface area contributed by atoms with Crippen molar-refractivity contribution in [3.63, 3.8) is 0 Å². The Morgan fingerprint density at radius 2 is 2.05 bits per heavy atom. The van der Waals surface area contributed by atoms with Gasteiger partial charge in [0.05, 0.1) is 5.60 Å². The normalized spacial score (nSPS) is 22.3. The first-order chi connectivity index (χ1) is 17.7. The first kappa shape index (κ1) is 30.9. The van der Waals surface area contributed by atoms with E-state index in [2.05, 4.69) is 33.2 Å². The fourth-order valence-electron chi connectivity index (χ4n) is 6.35. The quantitative estimate of drug-likeness (QED) is 0.144. The van der Waals surface area contributed by atoms with Crippen LogP contribution >= 0.6 is 34.2 Å². The van der Waals surface area contributed by atoms with Crippen LogP contribution in [0.2, 0.25) is 5.02 Å². The number of benzene rings is 1. The highest BCUT2D eigenvalue weighted by Crippen LogP contribution is 2.43. The third-order valence-electron chi connectivity index (χ3n) is 8.41. The molecule has 1 aliphatic carbocycles. The first-order valence-corrected chi connectivity index (χ1v) is 15.5. The number of alkyl halides is 1. The lowest BCUT2D eigenvalue weighted by Gasteiger charge is -2.44. The van der Waals surface area contributed by atoms with Crippen molar-refractivity contribution in [1.29, 1.82) is 0 Å². The summed E-state index contributed by atoms with van der Waals surface area (Å²) in [6, 6.07) is 5.89. The number of carbonyl (C=O) groups excluding carboxylic acids is 1. The van der Waals surface area contributed by atoms with Crippen molar-refractivity contribution in [2.75, 3.05) is 40.4 Å². The van der Waals surface area contributed by atoms with Crippen LogP contribution < -0.4 is 10.6 Å². The van der Waals surface area contributed by atoms with Crippen LogP contribution in [0.5, 0.6) is 0 Å². The molecule has 1 saturated carbocycles. The zero-order valence-corrected chi connectivity index (χ0v) is 25.9. The molecule has 8 heteroatoms. The highest BCUT2D eigenvalue weighted by atomic mass is 127. The molecule has 0 radical (unpaired) electrons. The Hall–Kier alpha value is -0.610. The van der Waals surface area contributed by atoms with Gasteiger partial charge in [-0.3, -0.25) is 0 Å². The minimum absolute atomic E-state index is 0.00897. The maximum atomic E-state index is 13.5. The standard InChI is InChI=1S/C29H47ClIN3O3/c1-22-25(12-9-13-26(22)30)29(36,16-7-8-18-37-3)23-11-10-17-34(21-23)27(35)33-24(20-32-2)19-28(31)14-5-4-6-15-28/h9,12-13,23-24,32,36H,4-8,10-11,14-21H2,1-3H3,(H,33,35)/t23?,24?,29-/m0/s1. The molecule has 2 unspecified atom stereocenters. The van der Waals surface area contributed by atoms with Gasteiger partial charge in [-0.25, -0.2) is 4.79 Å². The molecule has 3 N–H and O–H groups in total. The number of unbranched alkanes of at least 4 members (excludes halogenated alkanes) is 1. The second kappa shape index (κ2) is 14.7. The van der Waals surface area contributed by atoms with Crippen molar-refractivity contribution in [3.05, 3.63) is 34.3 Å². The summed E-state index contributed by atoms with van der Waals surface area (Å²) in [5.74, 6) is -0.0521. The summed E-state index contributed by atoms with van der Waals surface area (Å²) in [7, 11) is 3.66. The van der Waals surface area contributed by atoms with Crippen LogP contribution in [0.25, 0.3) is 0 Å². The summed E-state index contributed by atoms with van der Waals surface area (Å²) in [6.45, 7) is 4.69. The summed E-state index contributed by atoms with van der Waals surface area (Å²) in [4.78, 5) is 15.5. The monoisotopic (exact) mass is 647 g/mol. The van der Waals surface area contributed by atoms with Crippen molar-refractivity contribution in [3.8, 4) is 0 Å². The van der Waals surface area contributed by atoms with E-state index < -0.39 is 5.60 Å². The van der Waals surface area contributed by atoms with E-state index >= 15 is 0 Å². The summed E-state index contributed by atoms with van der Waals surface area (Å²) in [5.41, 5.74) is 0.774. The van der Waals surface area contributed by atoms with Gasteiger partial charge in [0.15, 0.2) is 0 Å². The first-order valence-electron chi connectivity index (χ1n) is 14.1. The summed E-state index contributed by atoms with van der Waals surface area (Å²) < 4.78 is 5.51. The van der Waals surface area contributed by atoms with Crippen LogP contribution in [0.15, 0.2) is 18.2 Å². The van der Waals surface area contributed by atoms with Crippen molar-refractivity contribution < 1.29 is 14.6 Å². The van der Waals surface area contributed by atoms with Crippen LogP contribution in [0.3, 0.4) is 0 Å². The van der Waals surface area contributed by atoms with Crippen LogP contribution in [-0.2, 0) is 10.3 Å². The molecule has 2 fully saturated rings. The highest BCUT2D eigenvalue weighted by molar-refractivity contribution is 14.1. The molecule has 37 heavy (non-hydrogen) atoms. The predicted octanol–water partition coefficient (Wildman–Crippen LogP) is 6.19. The lowest BCUT2D eigenvalue weighted by atomic mass is 9.73. The van der Waals surface area contributed by atoms with Gasteiger partial charge in [0.25, 0.3) is 0 Å². The van der Waals surface area contributed by atoms with Gasteiger partial charge in [-0.05, 0) is 82.5 Å². The molecule has 2 aliphatic rings. The van der Waals surface area contributed by atoms with Crippen molar-refractivity contribution in [2.24, 2.45) is 5.92 Å². The van der Waals surface area contributed by atoms with Gasteiger partial charge in [0, 0.05) is 53.8 Å². The third-order valence-corrected chi connectivity index (χ3v) is 10.3. The molecule has 1 heterocycles. The summed E-state index contributed by atoms with van der Waals surface area (Å²) in [6.07, 6.45) is 11.4. The maximum absolute atomic E-state index is 13.5. The van der Waals surface area contributed by atoms with Gasteiger partial charge in [-0.15, -0.1) is 0 Å². The second-order valence-electron chi connectivity index (χ2n) is 11.2. The van der Waals surface area contributed by atoms with Crippen LogP contribution in [0, 0.1) is 12.8 Å². The molecule has 3 rings (SSSR count). The molecule has 1 saturated heterocycles. The van der Waals surface area contributed by atoms with Crippen LogP contribution in [0.4, 0.5) is 4.79 Å². The highest BCUT2D eigenvalue weighted by Gasteiger charge is 2.42. The number of halogens is 2. The zero-order chi connectivity index (χ0) is 26.9. The molecular weight excluding hydrogens is 601 g/mol. The third kappa shape index (κ3) is 8.44. The smallest absolute Gasteiger partial charge is 0.317 e. The van der Waals surface area contributed by atoms with E-state index in [9.17, 15) is 9.90 Å². The maximum Gasteiger partial charge on any atom is 0.317 e. The lowest BCUT2D eigenvalue weighted by Crippen LogP contribution is -2.54. The Morgan fingerprint density at radius 3 is 2.76 bits per heavy atom. The van der Waals surface area contributed by atoms with E-state index in [0.717, 1.165) is 56.3 Å². The minimum Gasteiger partial charge on any atom is -0.385 e. The molecule has 0 spiro atoms. The second-order valence-corrected chi connectivity index (χ2v) is 13.9. The van der Waals surface area contributed by atoms with E-state index in [4.69, 9.17) is 16.3 Å². The van der Waals surface area contributed by atoms with Crippen LogP contribution in [0.1, 0.15) is 81.8 Å². The number of amides is 2. The number of nitrogens with zero attached hydrogens (tertiary/aromatic N) is 1. The number of nitrogens with one attached hydrogen (secondary N) is 2. The molecular formula is C29H47ClIN3O3. The zero-order valence-electron chi connectivity index (χ0n) is 23.0. The van der Waals surface area contributed by atoms with Crippen molar-refractivity contribution in [1.82, 2.24) is 15.5 Å². The van der Waals surface area contributed by atoms with Crippen LogP contribution in [-0.4, -0.2) is 65.9 Å². The van der Waals surface area contributed by atoms with E-state index in [-0.39, 0.29) is 21.4 Å². The van der Waals surface area contributed by atoms with Gasteiger partial charge >= 0.3 is 6.03 Å². The topological polar surface area (TPSA) is 73.8 Å². The molecule has 210 valence electrons.